The SMILES string of the molecule is Cc1c(Oc2ccc([C@@H](C)N)c(Br)c2)cccc1[N+](=O)[O-]. The monoisotopic (exact) mass is 350 g/mol. The first-order valence-electron chi connectivity index (χ1n) is 6.37. The molecule has 5 nitrogen and oxygen atoms in total. The molecule has 0 aliphatic carbocycles. The molecule has 0 saturated heterocycles. The van der Waals surface area contributed by atoms with Crippen molar-refractivity contribution in [1.29, 1.82) is 0 Å². The molecule has 110 valence electrons. The molecule has 1 atom stereocenters. The molecule has 2 rings (SSSR count). The summed E-state index contributed by atoms with van der Waals surface area (Å²) in [7, 11) is 0. The molecule has 2 N–H and O–H groups in total. The molecule has 0 aliphatic rings. The van der Waals surface area contributed by atoms with Gasteiger partial charge in [0.2, 0.25) is 0 Å². The lowest BCUT2D eigenvalue weighted by Gasteiger charge is -2.12. The summed E-state index contributed by atoms with van der Waals surface area (Å²) in [6.45, 7) is 3.56. The predicted molar refractivity (Wildman–Crippen MR) is 84.7 cm³/mol. The lowest BCUT2D eigenvalue weighted by Crippen LogP contribution is -2.05. The molecule has 21 heavy (non-hydrogen) atoms. The van der Waals surface area contributed by atoms with Gasteiger partial charge >= 0.3 is 0 Å². The molecule has 0 amide bonds. The Morgan fingerprint density at radius 3 is 2.62 bits per heavy atom. The lowest BCUT2D eigenvalue weighted by atomic mass is 10.1. The third kappa shape index (κ3) is 3.40. The van der Waals surface area contributed by atoms with E-state index < -0.39 is 4.92 Å². The van der Waals surface area contributed by atoms with Gasteiger partial charge in [-0.1, -0.05) is 28.1 Å². The molecule has 0 unspecified atom stereocenters. The van der Waals surface area contributed by atoms with Crippen molar-refractivity contribution in [2.24, 2.45) is 5.73 Å². The van der Waals surface area contributed by atoms with Gasteiger partial charge in [-0.25, -0.2) is 0 Å². The molecule has 6 heteroatoms. The molecular weight excluding hydrogens is 336 g/mol. The normalized spacial score (nSPS) is 12.0. The van der Waals surface area contributed by atoms with Crippen molar-refractivity contribution < 1.29 is 9.66 Å². The summed E-state index contributed by atoms with van der Waals surface area (Å²) in [5, 5.41) is 10.9. The highest BCUT2D eigenvalue weighted by atomic mass is 79.9. The Morgan fingerprint density at radius 2 is 2.05 bits per heavy atom. The molecule has 0 radical (unpaired) electrons. The van der Waals surface area contributed by atoms with Crippen LogP contribution in [0.25, 0.3) is 0 Å². The number of benzene rings is 2. The fraction of sp³-hybridized carbons (Fsp3) is 0.200. The molecule has 0 fully saturated rings. The molecule has 0 bridgehead atoms. The third-order valence-corrected chi connectivity index (χ3v) is 3.83. The summed E-state index contributed by atoms with van der Waals surface area (Å²) in [4.78, 5) is 10.5. The Balaban J connectivity index is 2.33. The Bertz CT molecular complexity index is 687. The fourth-order valence-corrected chi connectivity index (χ4v) is 2.70. The average Bonchev–Trinajstić information content (AvgIpc) is 2.40. The van der Waals surface area contributed by atoms with Gasteiger partial charge in [-0.3, -0.25) is 10.1 Å². The van der Waals surface area contributed by atoms with E-state index in [4.69, 9.17) is 10.5 Å². The Morgan fingerprint density at radius 1 is 1.33 bits per heavy atom. The molecular formula is C15H15BrN2O3. The van der Waals surface area contributed by atoms with E-state index in [1.165, 1.54) is 6.07 Å². The van der Waals surface area contributed by atoms with Crippen LogP contribution in [0, 0.1) is 17.0 Å². The summed E-state index contributed by atoms with van der Waals surface area (Å²) in [6.07, 6.45) is 0. The van der Waals surface area contributed by atoms with Crippen LogP contribution >= 0.6 is 15.9 Å². The summed E-state index contributed by atoms with van der Waals surface area (Å²) >= 11 is 3.45. The second-order valence-corrected chi connectivity index (χ2v) is 5.59. The van der Waals surface area contributed by atoms with Crippen LogP contribution in [0.1, 0.15) is 24.1 Å². The number of nitrogens with two attached hydrogens (primary N) is 1. The minimum Gasteiger partial charge on any atom is -0.457 e. The first-order chi connectivity index (χ1) is 9.90. The summed E-state index contributed by atoms with van der Waals surface area (Å²) in [6, 6.07) is 10.1. The van der Waals surface area contributed by atoms with Crippen molar-refractivity contribution in [2.45, 2.75) is 19.9 Å². The van der Waals surface area contributed by atoms with Gasteiger partial charge < -0.3 is 10.5 Å². The number of hydrogen-bond acceptors (Lipinski definition) is 4. The zero-order chi connectivity index (χ0) is 15.6. The van der Waals surface area contributed by atoms with Gasteiger partial charge in [0.15, 0.2) is 0 Å². The number of nitro benzene ring substituents is 1. The van der Waals surface area contributed by atoms with Crippen LogP contribution in [0.5, 0.6) is 11.5 Å². The van der Waals surface area contributed by atoms with Gasteiger partial charge in [-0.2, -0.15) is 0 Å². The Hall–Kier alpha value is -1.92. The van der Waals surface area contributed by atoms with Crippen LogP contribution < -0.4 is 10.5 Å². The molecule has 2 aromatic rings. The summed E-state index contributed by atoms with van der Waals surface area (Å²) in [5.74, 6) is 1.06. The minimum absolute atomic E-state index is 0.0405. The summed E-state index contributed by atoms with van der Waals surface area (Å²) in [5.41, 5.74) is 7.35. The Labute approximate surface area is 131 Å². The first kappa shape index (κ1) is 15.5. The van der Waals surface area contributed by atoms with Crippen molar-refractivity contribution in [2.75, 3.05) is 0 Å². The first-order valence-corrected chi connectivity index (χ1v) is 7.16. The second kappa shape index (κ2) is 6.24. The topological polar surface area (TPSA) is 78.4 Å². The van der Waals surface area contributed by atoms with Crippen molar-refractivity contribution in [1.82, 2.24) is 0 Å². The van der Waals surface area contributed by atoms with Crippen LogP contribution in [0.3, 0.4) is 0 Å². The largest absolute Gasteiger partial charge is 0.457 e. The maximum Gasteiger partial charge on any atom is 0.276 e. The number of halogens is 1. The fourth-order valence-electron chi connectivity index (χ4n) is 1.98. The lowest BCUT2D eigenvalue weighted by molar-refractivity contribution is -0.385. The maximum atomic E-state index is 10.9. The van der Waals surface area contributed by atoms with E-state index in [9.17, 15) is 10.1 Å². The van der Waals surface area contributed by atoms with Crippen LogP contribution in [-0.2, 0) is 0 Å². The van der Waals surface area contributed by atoms with Gasteiger partial charge in [0.1, 0.15) is 11.5 Å². The van der Waals surface area contributed by atoms with Crippen molar-refractivity contribution >= 4 is 21.6 Å². The van der Waals surface area contributed by atoms with Crippen LogP contribution in [0.15, 0.2) is 40.9 Å². The van der Waals surface area contributed by atoms with Crippen LogP contribution in [0.4, 0.5) is 5.69 Å². The maximum absolute atomic E-state index is 10.9. The van der Waals surface area contributed by atoms with Gasteiger partial charge in [0, 0.05) is 16.6 Å². The van der Waals surface area contributed by atoms with Crippen molar-refractivity contribution in [3.05, 3.63) is 62.1 Å². The summed E-state index contributed by atoms with van der Waals surface area (Å²) < 4.78 is 6.59. The third-order valence-electron chi connectivity index (χ3n) is 3.14. The number of ether oxygens (including phenoxy) is 1. The number of nitro groups is 1. The molecule has 0 spiro atoms. The second-order valence-electron chi connectivity index (χ2n) is 4.73. The Kier molecular flexibility index (Phi) is 4.59. The minimum atomic E-state index is -0.419. The van der Waals surface area contributed by atoms with Crippen molar-refractivity contribution in [3.63, 3.8) is 0 Å². The van der Waals surface area contributed by atoms with E-state index in [0.29, 0.717) is 17.1 Å². The standard InChI is InChI=1S/C15H15BrN2O3/c1-9-14(18(19)20)4-3-5-15(9)21-11-6-7-12(10(2)17)13(16)8-11/h3-8,10H,17H2,1-2H3/t10-/m1/s1. The molecule has 0 heterocycles. The van der Waals surface area contributed by atoms with E-state index in [-0.39, 0.29) is 11.7 Å². The van der Waals surface area contributed by atoms with Gasteiger partial charge in [0.25, 0.3) is 5.69 Å². The predicted octanol–water partition coefficient (Wildman–Crippen LogP) is 4.48. The van der Waals surface area contributed by atoms with E-state index >= 15 is 0 Å². The highest BCUT2D eigenvalue weighted by molar-refractivity contribution is 9.10. The highest BCUT2D eigenvalue weighted by Gasteiger charge is 2.15. The van der Waals surface area contributed by atoms with E-state index in [1.54, 1.807) is 31.2 Å². The van der Waals surface area contributed by atoms with Gasteiger partial charge in [-0.05, 0) is 37.6 Å². The van der Waals surface area contributed by atoms with E-state index in [1.807, 2.05) is 13.0 Å². The molecule has 0 aromatic heterocycles. The number of rotatable bonds is 4. The molecule has 2 aromatic carbocycles. The average molecular weight is 351 g/mol. The quantitative estimate of drug-likeness (QED) is 0.651. The zero-order valence-electron chi connectivity index (χ0n) is 11.7. The van der Waals surface area contributed by atoms with Gasteiger partial charge in [0.05, 0.1) is 10.5 Å². The smallest absolute Gasteiger partial charge is 0.276 e. The zero-order valence-corrected chi connectivity index (χ0v) is 13.3. The van der Waals surface area contributed by atoms with E-state index in [0.717, 1.165) is 10.0 Å². The van der Waals surface area contributed by atoms with Gasteiger partial charge in [-0.15, -0.1) is 0 Å². The number of nitrogens with zero attached hydrogens (tertiary/aromatic N) is 1. The molecule has 0 saturated carbocycles. The van der Waals surface area contributed by atoms with Crippen molar-refractivity contribution in [3.8, 4) is 11.5 Å². The van der Waals surface area contributed by atoms with Crippen LogP contribution in [0.2, 0.25) is 0 Å². The number of hydrogen-bond donors (Lipinski definition) is 1. The van der Waals surface area contributed by atoms with Crippen LogP contribution in [-0.4, -0.2) is 4.92 Å². The van der Waals surface area contributed by atoms with E-state index in [2.05, 4.69) is 15.9 Å². The highest BCUT2D eigenvalue weighted by Crippen LogP contribution is 2.33. The molecule has 0 aliphatic heterocycles.